The van der Waals surface area contributed by atoms with Crippen molar-refractivity contribution in [2.45, 2.75) is 50.7 Å². The van der Waals surface area contributed by atoms with Gasteiger partial charge in [-0.15, -0.1) is 0 Å². The smallest absolute Gasteiger partial charge is 0.264 e. The second-order valence-electron chi connectivity index (χ2n) is 9.65. The number of carbonyl (C=O) groups is 2. The summed E-state index contributed by atoms with van der Waals surface area (Å²) in [5, 5.41) is 2.84. The Bertz CT molecular complexity index is 1480. The summed E-state index contributed by atoms with van der Waals surface area (Å²) in [6, 6.07) is 12.9. The summed E-state index contributed by atoms with van der Waals surface area (Å²) in [7, 11) is -1.66. The second kappa shape index (κ2) is 14.1. The maximum atomic E-state index is 14.0. The van der Waals surface area contributed by atoms with Crippen LogP contribution in [0.1, 0.15) is 32.8 Å². The Labute approximate surface area is 245 Å². The van der Waals surface area contributed by atoms with Gasteiger partial charge in [-0.2, -0.15) is 0 Å². The standard InChI is InChI=1S/C30H35F2N3O6S/c1-6-20(2)33-30(37)21(3)34(18-22-7-9-23(31)10-8-22)29(36)19-35(25-13-11-24(32)12-14-25)42(38,39)26-15-16-27(40-4)28(17-26)41-5/h7-17,20-21H,6,18-19H2,1-5H3,(H,33,37)/t20-,21-/m1/s1. The van der Waals surface area contributed by atoms with Crippen molar-refractivity contribution in [3.63, 3.8) is 0 Å². The average Bonchev–Trinajstić information content (AvgIpc) is 2.98. The molecule has 12 heteroatoms. The van der Waals surface area contributed by atoms with Crippen molar-refractivity contribution in [1.82, 2.24) is 10.2 Å². The minimum atomic E-state index is -4.42. The minimum Gasteiger partial charge on any atom is -0.493 e. The minimum absolute atomic E-state index is 0.0259. The molecule has 9 nitrogen and oxygen atoms in total. The molecule has 0 aliphatic heterocycles. The highest BCUT2D eigenvalue weighted by molar-refractivity contribution is 7.92. The fraction of sp³-hybridized carbons (Fsp3) is 0.333. The summed E-state index contributed by atoms with van der Waals surface area (Å²) in [4.78, 5) is 28.0. The van der Waals surface area contributed by atoms with E-state index in [-0.39, 0.29) is 28.9 Å². The highest BCUT2D eigenvalue weighted by Gasteiger charge is 2.33. The number of nitrogens with one attached hydrogen (secondary N) is 1. The number of amides is 2. The van der Waals surface area contributed by atoms with E-state index in [1.54, 1.807) is 0 Å². The lowest BCUT2D eigenvalue weighted by Crippen LogP contribution is -2.52. The molecule has 2 amide bonds. The van der Waals surface area contributed by atoms with Gasteiger partial charge in [-0.1, -0.05) is 19.1 Å². The van der Waals surface area contributed by atoms with E-state index in [0.717, 1.165) is 16.4 Å². The molecule has 0 bridgehead atoms. The summed E-state index contributed by atoms with van der Waals surface area (Å²) in [6.45, 7) is 4.44. The number of anilines is 1. The molecule has 0 saturated carbocycles. The third-order valence-electron chi connectivity index (χ3n) is 6.77. The zero-order valence-electron chi connectivity index (χ0n) is 24.1. The molecule has 226 valence electrons. The Kier molecular flexibility index (Phi) is 10.9. The maximum absolute atomic E-state index is 14.0. The van der Waals surface area contributed by atoms with Gasteiger partial charge in [-0.05, 0) is 74.4 Å². The fourth-order valence-electron chi connectivity index (χ4n) is 4.07. The molecule has 0 unspecified atom stereocenters. The van der Waals surface area contributed by atoms with Crippen LogP contribution < -0.4 is 19.1 Å². The molecule has 42 heavy (non-hydrogen) atoms. The number of halogens is 2. The summed E-state index contributed by atoms with van der Waals surface area (Å²) < 4.78 is 66.6. The summed E-state index contributed by atoms with van der Waals surface area (Å²) >= 11 is 0. The first kappa shape index (κ1) is 32.3. The number of ether oxygens (including phenoxy) is 2. The van der Waals surface area contributed by atoms with Crippen LogP contribution in [0.5, 0.6) is 11.5 Å². The SMILES string of the molecule is CC[C@@H](C)NC(=O)[C@@H](C)N(Cc1ccc(F)cc1)C(=O)CN(c1ccc(F)cc1)S(=O)(=O)c1ccc(OC)c(OC)c1. The van der Waals surface area contributed by atoms with Crippen LogP contribution in [0.3, 0.4) is 0 Å². The predicted molar refractivity (Wildman–Crippen MR) is 155 cm³/mol. The molecular formula is C30H35F2N3O6S. The van der Waals surface area contributed by atoms with Gasteiger partial charge in [-0.25, -0.2) is 17.2 Å². The Hall–Kier alpha value is -4.19. The van der Waals surface area contributed by atoms with Crippen LogP contribution in [0.25, 0.3) is 0 Å². The largest absolute Gasteiger partial charge is 0.493 e. The van der Waals surface area contributed by atoms with Gasteiger partial charge < -0.3 is 19.7 Å². The molecular weight excluding hydrogens is 568 g/mol. The molecule has 0 heterocycles. The number of nitrogens with zero attached hydrogens (tertiary/aromatic N) is 2. The van der Waals surface area contributed by atoms with E-state index in [0.29, 0.717) is 17.7 Å². The van der Waals surface area contributed by atoms with Crippen LogP contribution in [0.2, 0.25) is 0 Å². The molecule has 0 saturated heterocycles. The fourth-order valence-corrected chi connectivity index (χ4v) is 5.51. The summed E-state index contributed by atoms with van der Waals surface area (Å²) in [5.41, 5.74) is 0.557. The van der Waals surface area contributed by atoms with Gasteiger partial charge in [0.15, 0.2) is 11.5 Å². The van der Waals surface area contributed by atoms with Crippen molar-refractivity contribution >= 4 is 27.5 Å². The van der Waals surface area contributed by atoms with Crippen LogP contribution in [-0.2, 0) is 26.2 Å². The van der Waals surface area contributed by atoms with Gasteiger partial charge in [0.05, 0.1) is 24.8 Å². The van der Waals surface area contributed by atoms with Crippen molar-refractivity contribution in [2.75, 3.05) is 25.1 Å². The summed E-state index contributed by atoms with van der Waals surface area (Å²) in [5.74, 6) is -1.76. The lowest BCUT2D eigenvalue weighted by atomic mass is 10.1. The normalized spacial score (nSPS) is 12.6. The number of hydrogen-bond acceptors (Lipinski definition) is 6. The Morgan fingerprint density at radius 2 is 1.45 bits per heavy atom. The van der Waals surface area contributed by atoms with Crippen molar-refractivity contribution in [2.24, 2.45) is 0 Å². The molecule has 0 spiro atoms. The highest BCUT2D eigenvalue weighted by Crippen LogP contribution is 2.32. The van der Waals surface area contributed by atoms with Crippen molar-refractivity contribution < 1.29 is 36.3 Å². The van der Waals surface area contributed by atoms with Crippen LogP contribution >= 0.6 is 0 Å². The molecule has 0 radical (unpaired) electrons. The lowest BCUT2D eigenvalue weighted by Gasteiger charge is -2.32. The topological polar surface area (TPSA) is 105 Å². The van der Waals surface area contributed by atoms with Gasteiger partial charge in [0.2, 0.25) is 11.8 Å². The van der Waals surface area contributed by atoms with Gasteiger partial charge >= 0.3 is 0 Å². The van der Waals surface area contributed by atoms with E-state index < -0.39 is 46.1 Å². The van der Waals surface area contributed by atoms with E-state index in [4.69, 9.17) is 9.47 Å². The van der Waals surface area contributed by atoms with E-state index in [1.807, 2.05) is 13.8 Å². The van der Waals surface area contributed by atoms with E-state index >= 15 is 0 Å². The number of methoxy groups -OCH3 is 2. The predicted octanol–water partition coefficient (Wildman–Crippen LogP) is 4.51. The number of benzene rings is 3. The quantitative estimate of drug-likeness (QED) is 0.308. The molecule has 3 aromatic carbocycles. The number of hydrogen-bond donors (Lipinski definition) is 1. The molecule has 0 aliphatic rings. The number of carbonyl (C=O) groups excluding carboxylic acids is 2. The zero-order chi connectivity index (χ0) is 31.0. The van der Waals surface area contributed by atoms with Gasteiger partial charge in [0, 0.05) is 18.7 Å². The third kappa shape index (κ3) is 7.75. The van der Waals surface area contributed by atoms with Gasteiger partial charge in [-0.3, -0.25) is 13.9 Å². The van der Waals surface area contributed by atoms with Crippen LogP contribution in [0, 0.1) is 11.6 Å². The zero-order valence-corrected chi connectivity index (χ0v) is 25.0. The third-order valence-corrected chi connectivity index (χ3v) is 8.54. The average molecular weight is 604 g/mol. The van der Waals surface area contributed by atoms with Crippen molar-refractivity contribution in [3.8, 4) is 11.5 Å². The van der Waals surface area contributed by atoms with Crippen molar-refractivity contribution in [1.29, 1.82) is 0 Å². The number of sulfonamides is 1. The Balaban J connectivity index is 2.06. The molecule has 0 fully saturated rings. The lowest BCUT2D eigenvalue weighted by molar-refractivity contribution is -0.139. The van der Waals surface area contributed by atoms with E-state index in [1.165, 1.54) is 80.6 Å². The van der Waals surface area contributed by atoms with Crippen LogP contribution in [0.15, 0.2) is 71.6 Å². The highest BCUT2D eigenvalue weighted by atomic mass is 32.2. The molecule has 3 aromatic rings. The Morgan fingerprint density at radius 3 is 2.00 bits per heavy atom. The van der Waals surface area contributed by atoms with Gasteiger partial charge in [0.25, 0.3) is 10.0 Å². The second-order valence-corrected chi connectivity index (χ2v) is 11.5. The first-order valence-electron chi connectivity index (χ1n) is 13.3. The number of rotatable bonds is 13. The molecule has 3 rings (SSSR count). The molecule has 2 atom stereocenters. The maximum Gasteiger partial charge on any atom is 0.264 e. The van der Waals surface area contributed by atoms with E-state index in [2.05, 4.69) is 5.32 Å². The van der Waals surface area contributed by atoms with Crippen molar-refractivity contribution in [3.05, 3.63) is 83.9 Å². The van der Waals surface area contributed by atoms with Gasteiger partial charge in [0.1, 0.15) is 24.2 Å². The first-order chi connectivity index (χ1) is 19.9. The van der Waals surface area contributed by atoms with Crippen LogP contribution in [0.4, 0.5) is 14.5 Å². The monoisotopic (exact) mass is 603 g/mol. The molecule has 1 N–H and O–H groups in total. The molecule has 0 aromatic heterocycles. The summed E-state index contributed by atoms with van der Waals surface area (Å²) in [6.07, 6.45) is 0.659. The van der Waals surface area contributed by atoms with Crippen LogP contribution in [-0.4, -0.2) is 58.0 Å². The Morgan fingerprint density at radius 1 is 0.881 bits per heavy atom. The first-order valence-corrected chi connectivity index (χ1v) is 14.7. The van der Waals surface area contributed by atoms with E-state index in [9.17, 15) is 26.8 Å². The molecule has 0 aliphatic carbocycles.